The van der Waals surface area contributed by atoms with Crippen molar-refractivity contribution in [2.75, 3.05) is 0 Å². The number of hydrogen-bond acceptors (Lipinski definition) is 2. The van der Waals surface area contributed by atoms with Gasteiger partial charge in [-0.2, -0.15) is 0 Å². The Hall–Kier alpha value is -2.29. The average molecular weight is 325 g/mol. The topological polar surface area (TPSA) is 38.3 Å². The lowest BCUT2D eigenvalue weighted by Gasteiger charge is -2.21. The van der Waals surface area contributed by atoms with E-state index in [2.05, 4.69) is 37.4 Å². The number of amides is 1. The first-order chi connectivity index (χ1) is 11.3. The molecule has 0 spiro atoms. The molecule has 24 heavy (non-hydrogen) atoms. The zero-order chi connectivity index (χ0) is 17.9. The lowest BCUT2D eigenvalue weighted by molar-refractivity contribution is -0.127. The molecule has 0 radical (unpaired) electrons. The molecule has 1 N–H and O–H groups in total. The maximum absolute atomic E-state index is 12.5. The number of rotatable bonds is 5. The third kappa shape index (κ3) is 4.16. The average Bonchev–Trinajstić information content (AvgIpc) is 2.53. The molecule has 0 saturated heterocycles. The van der Waals surface area contributed by atoms with Crippen molar-refractivity contribution in [1.82, 2.24) is 5.32 Å². The quantitative estimate of drug-likeness (QED) is 0.875. The van der Waals surface area contributed by atoms with Crippen LogP contribution in [-0.2, 0) is 4.79 Å². The van der Waals surface area contributed by atoms with Crippen LogP contribution in [0.1, 0.15) is 47.7 Å². The molecular formula is C21H27NO2. The SMILES string of the molecule is Cc1ccc(C)c([C@@H](C)NC(=O)[C@@H](C)Oc2cccc(C)c2C)c1. The van der Waals surface area contributed by atoms with Gasteiger partial charge < -0.3 is 10.1 Å². The molecular weight excluding hydrogens is 298 g/mol. The van der Waals surface area contributed by atoms with Crippen LogP contribution in [0, 0.1) is 27.7 Å². The van der Waals surface area contributed by atoms with Crippen LogP contribution in [0.25, 0.3) is 0 Å². The van der Waals surface area contributed by atoms with Crippen LogP contribution in [0.5, 0.6) is 5.75 Å². The van der Waals surface area contributed by atoms with E-state index in [0.717, 1.165) is 22.4 Å². The van der Waals surface area contributed by atoms with E-state index >= 15 is 0 Å². The molecule has 0 aromatic heterocycles. The summed E-state index contributed by atoms with van der Waals surface area (Å²) in [4.78, 5) is 12.5. The monoisotopic (exact) mass is 325 g/mol. The van der Waals surface area contributed by atoms with Crippen LogP contribution < -0.4 is 10.1 Å². The van der Waals surface area contributed by atoms with Gasteiger partial charge in [-0.05, 0) is 69.9 Å². The number of carbonyl (C=O) groups excluding carboxylic acids is 1. The van der Waals surface area contributed by atoms with Crippen molar-refractivity contribution in [3.05, 3.63) is 64.2 Å². The minimum Gasteiger partial charge on any atom is -0.481 e. The van der Waals surface area contributed by atoms with Crippen LogP contribution >= 0.6 is 0 Å². The molecule has 128 valence electrons. The third-order valence-corrected chi connectivity index (χ3v) is 4.49. The zero-order valence-corrected chi connectivity index (χ0v) is 15.4. The first-order valence-corrected chi connectivity index (χ1v) is 8.40. The normalized spacial score (nSPS) is 13.2. The first kappa shape index (κ1) is 18.1. The molecule has 2 aromatic rings. The third-order valence-electron chi connectivity index (χ3n) is 4.49. The lowest BCUT2D eigenvalue weighted by Crippen LogP contribution is -2.38. The Morgan fingerprint density at radius 2 is 1.71 bits per heavy atom. The Kier molecular flexibility index (Phi) is 5.66. The van der Waals surface area contributed by atoms with Gasteiger partial charge in [0.25, 0.3) is 5.91 Å². The molecule has 0 aliphatic heterocycles. The molecule has 0 fully saturated rings. The van der Waals surface area contributed by atoms with E-state index in [0.29, 0.717) is 0 Å². The molecule has 0 aliphatic carbocycles. The van der Waals surface area contributed by atoms with Gasteiger partial charge >= 0.3 is 0 Å². The van der Waals surface area contributed by atoms with Crippen molar-refractivity contribution < 1.29 is 9.53 Å². The van der Waals surface area contributed by atoms with Crippen molar-refractivity contribution in [3.8, 4) is 5.75 Å². The van der Waals surface area contributed by atoms with Crippen molar-refractivity contribution in [3.63, 3.8) is 0 Å². The molecule has 2 atom stereocenters. The van der Waals surface area contributed by atoms with Crippen LogP contribution in [0.15, 0.2) is 36.4 Å². The molecule has 0 saturated carbocycles. The van der Waals surface area contributed by atoms with Gasteiger partial charge in [-0.1, -0.05) is 35.9 Å². The molecule has 1 amide bonds. The first-order valence-electron chi connectivity index (χ1n) is 8.40. The second kappa shape index (κ2) is 7.52. The van der Waals surface area contributed by atoms with Crippen molar-refractivity contribution in [1.29, 1.82) is 0 Å². The molecule has 0 heterocycles. The van der Waals surface area contributed by atoms with Crippen LogP contribution in [0.4, 0.5) is 0 Å². The van der Waals surface area contributed by atoms with Crippen LogP contribution in [-0.4, -0.2) is 12.0 Å². The van der Waals surface area contributed by atoms with E-state index in [4.69, 9.17) is 4.74 Å². The predicted molar refractivity (Wildman–Crippen MR) is 98.5 cm³/mol. The number of carbonyl (C=O) groups is 1. The zero-order valence-electron chi connectivity index (χ0n) is 15.4. The Balaban J connectivity index is 2.06. The van der Waals surface area contributed by atoms with E-state index in [9.17, 15) is 4.79 Å². The fourth-order valence-corrected chi connectivity index (χ4v) is 2.73. The van der Waals surface area contributed by atoms with Gasteiger partial charge in [0.15, 0.2) is 6.10 Å². The molecule has 3 nitrogen and oxygen atoms in total. The summed E-state index contributed by atoms with van der Waals surface area (Å²) in [6.07, 6.45) is -0.543. The van der Waals surface area contributed by atoms with Crippen LogP contribution in [0.2, 0.25) is 0 Å². The van der Waals surface area contributed by atoms with Gasteiger partial charge in [0.2, 0.25) is 0 Å². The van der Waals surface area contributed by atoms with Gasteiger partial charge in [0.1, 0.15) is 5.75 Å². The predicted octanol–water partition coefficient (Wildman–Crippen LogP) is 4.56. The minimum absolute atomic E-state index is 0.0537. The Morgan fingerprint density at radius 3 is 2.42 bits per heavy atom. The summed E-state index contributed by atoms with van der Waals surface area (Å²) in [7, 11) is 0. The van der Waals surface area contributed by atoms with E-state index in [1.807, 2.05) is 39.0 Å². The Labute approximate surface area is 145 Å². The second-order valence-electron chi connectivity index (χ2n) is 6.55. The van der Waals surface area contributed by atoms with E-state index in [1.54, 1.807) is 6.92 Å². The van der Waals surface area contributed by atoms with E-state index < -0.39 is 6.10 Å². The second-order valence-corrected chi connectivity index (χ2v) is 6.55. The summed E-state index contributed by atoms with van der Waals surface area (Å²) in [5, 5.41) is 3.05. The highest BCUT2D eigenvalue weighted by molar-refractivity contribution is 5.81. The summed E-state index contributed by atoms with van der Waals surface area (Å²) in [6, 6.07) is 12.1. The summed E-state index contributed by atoms with van der Waals surface area (Å²) in [5.74, 6) is 0.654. The van der Waals surface area contributed by atoms with Gasteiger partial charge in [0, 0.05) is 0 Å². The molecule has 0 unspecified atom stereocenters. The number of aryl methyl sites for hydroxylation is 3. The maximum atomic E-state index is 12.5. The maximum Gasteiger partial charge on any atom is 0.261 e. The fraction of sp³-hybridized carbons (Fsp3) is 0.381. The van der Waals surface area contributed by atoms with Crippen molar-refractivity contribution in [2.24, 2.45) is 0 Å². The fourth-order valence-electron chi connectivity index (χ4n) is 2.73. The van der Waals surface area contributed by atoms with E-state index in [1.165, 1.54) is 11.1 Å². The van der Waals surface area contributed by atoms with Gasteiger partial charge in [-0.15, -0.1) is 0 Å². The summed E-state index contributed by atoms with van der Waals surface area (Å²) in [5.41, 5.74) is 5.73. The van der Waals surface area contributed by atoms with Crippen molar-refractivity contribution >= 4 is 5.91 Å². The molecule has 0 aliphatic rings. The van der Waals surface area contributed by atoms with Gasteiger partial charge in [0.05, 0.1) is 6.04 Å². The summed E-state index contributed by atoms with van der Waals surface area (Å²) in [6.45, 7) is 12.0. The summed E-state index contributed by atoms with van der Waals surface area (Å²) < 4.78 is 5.87. The summed E-state index contributed by atoms with van der Waals surface area (Å²) >= 11 is 0. The van der Waals surface area contributed by atoms with Crippen molar-refractivity contribution in [2.45, 2.75) is 53.7 Å². The number of hydrogen-bond donors (Lipinski definition) is 1. The Bertz CT molecular complexity index is 737. The highest BCUT2D eigenvalue weighted by Crippen LogP contribution is 2.23. The largest absolute Gasteiger partial charge is 0.481 e. The number of nitrogens with one attached hydrogen (secondary N) is 1. The molecule has 3 heteroatoms. The lowest BCUT2D eigenvalue weighted by atomic mass is 10.00. The standard InChI is InChI=1S/C21H27NO2/c1-13-10-11-15(3)19(12-13)17(5)22-21(23)18(6)24-20-9-7-8-14(2)16(20)4/h7-12,17-18H,1-6H3,(H,22,23)/t17-,18-/m1/s1. The van der Waals surface area contributed by atoms with Gasteiger partial charge in [-0.25, -0.2) is 0 Å². The van der Waals surface area contributed by atoms with E-state index in [-0.39, 0.29) is 11.9 Å². The Morgan fingerprint density at radius 1 is 1.00 bits per heavy atom. The molecule has 2 aromatic carbocycles. The van der Waals surface area contributed by atoms with Crippen LogP contribution in [0.3, 0.4) is 0 Å². The minimum atomic E-state index is -0.543. The highest BCUT2D eigenvalue weighted by atomic mass is 16.5. The molecule has 0 bridgehead atoms. The highest BCUT2D eigenvalue weighted by Gasteiger charge is 2.19. The number of ether oxygens (including phenoxy) is 1. The number of benzene rings is 2. The smallest absolute Gasteiger partial charge is 0.261 e. The van der Waals surface area contributed by atoms with Gasteiger partial charge in [-0.3, -0.25) is 4.79 Å². The molecule has 2 rings (SSSR count).